The van der Waals surface area contributed by atoms with Crippen LogP contribution in [-0.2, 0) is 10.0 Å². The van der Waals surface area contributed by atoms with Gasteiger partial charge in [0.05, 0.1) is 21.1 Å². The van der Waals surface area contributed by atoms with E-state index in [1.165, 1.54) is 25.2 Å². The van der Waals surface area contributed by atoms with E-state index in [2.05, 4.69) is 10.0 Å². The molecule has 0 spiro atoms. The van der Waals surface area contributed by atoms with Crippen molar-refractivity contribution >= 4 is 27.3 Å². The molecule has 0 heterocycles. The second-order valence-electron chi connectivity index (χ2n) is 5.37. The molecule has 9 heteroatoms. The van der Waals surface area contributed by atoms with Crippen LogP contribution < -0.4 is 10.0 Å². The molecular weight excluding hydrogens is 346 g/mol. The predicted molar refractivity (Wildman–Crippen MR) is 93.2 cm³/mol. The molecule has 132 valence electrons. The Hall–Kier alpha value is -2.94. The first-order valence-corrected chi connectivity index (χ1v) is 8.75. The highest BCUT2D eigenvalue weighted by atomic mass is 32.2. The third-order valence-corrected chi connectivity index (χ3v) is 5.24. The van der Waals surface area contributed by atoms with E-state index < -0.39 is 20.9 Å². The number of aryl methyl sites for hydroxylation is 1. The first kappa shape index (κ1) is 18.4. The van der Waals surface area contributed by atoms with E-state index >= 15 is 0 Å². The Morgan fingerprint density at radius 3 is 2.40 bits per heavy atom. The zero-order valence-electron chi connectivity index (χ0n) is 13.9. The Bertz CT molecular complexity index is 954. The summed E-state index contributed by atoms with van der Waals surface area (Å²) < 4.78 is 27.8. The lowest BCUT2D eigenvalue weighted by Crippen LogP contribution is -2.22. The van der Waals surface area contributed by atoms with E-state index in [9.17, 15) is 23.3 Å². The molecule has 0 fully saturated rings. The van der Waals surface area contributed by atoms with Crippen LogP contribution in [0.25, 0.3) is 0 Å². The Labute approximate surface area is 145 Å². The molecule has 0 bridgehead atoms. The fraction of sp³-hybridized carbons (Fsp3) is 0.188. The van der Waals surface area contributed by atoms with Crippen LogP contribution in [0, 0.1) is 24.0 Å². The number of hydrogen-bond acceptors (Lipinski definition) is 5. The molecule has 0 saturated heterocycles. The number of nitro groups is 1. The quantitative estimate of drug-likeness (QED) is 0.624. The van der Waals surface area contributed by atoms with Gasteiger partial charge in [0, 0.05) is 19.2 Å². The zero-order valence-corrected chi connectivity index (χ0v) is 14.7. The van der Waals surface area contributed by atoms with Crippen LogP contribution in [0.2, 0.25) is 0 Å². The summed E-state index contributed by atoms with van der Waals surface area (Å²) in [6, 6.07) is 8.42. The zero-order chi connectivity index (χ0) is 18.8. The molecule has 0 aliphatic rings. The van der Waals surface area contributed by atoms with Crippen LogP contribution in [0.4, 0.5) is 11.4 Å². The van der Waals surface area contributed by atoms with Gasteiger partial charge < -0.3 is 5.32 Å². The number of para-hydroxylation sites is 1. The summed E-state index contributed by atoms with van der Waals surface area (Å²) in [6.07, 6.45) is 0. The second kappa shape index (κ2) is 6.89. The van der Waals surface area contributed by atoms with Crippen molar-refractivity contribution in [2.24, 2.45) is 0 Å². The van der Waals surface area contributed by atoms with Gasteiger partial charge in [-0.15, -0.1) is 0 Å². The smallest absolute Gasteiger partial charge is 0.271 e. The molecule has 0 aliphatic carbocycles. The van der Waals surface area contributed by atoms with E-state index in [4.69, 9.17) is 0 Å². The number of benzene rings is 2. The molecule has 25 heavy (non-hydrogen) atoms. The van der Waals surface area contributed by atoms with E-state index in [0.717, 1.165) is 6.07 Å². The van der Waals surface area contributed by atoms with Crippen molar-refractivity contribution in [2.45, 2.75) is 18.7 Å². The number of hydrogen-bond donors (Lipinski definition) is 2. The minimum absolute atomic E-state index is 0.0883. The van der Waals surface area contributed by atoms with E-state index in [0.29, 0.717) is 11.1 Å². The van der Waals surface area contributed by atoms with Crippen LogP contribution in [0.3, 0.4) is 0 Å². The van der Waals surface area contributed by atoms with Crippen molar-refractivity contribution in [2.75, 3.05) is 11.8 Å². The molecule has 0 aliphatic heterocycles. The number of anilines is 1. The molecule has 2 aromatic carbocycles. The summed E-state index contributed by atoms with van der Waals surface area (Å²) in [5, 5.41) is 13.5. The maximum Gasteiger partial charge on any atom is 0.271 e. The van der Waals surface area contributed by atoms with Gasteiger partial charge in [-0.05, 0) is 37.1 Å². The van der Waals surface area contributed by atoms with Gasteiger partial charge in [0.2, 0.25) is 0 Å². The molecule has 0 saturated carbocycles. The number of carbonyl (C=O) groups is 1. The number of rotatable bonds is 5. The normalized spacial score (nSPS) is 11.0. The maximum absolute atomic E-state index is 12.7. The minimum atomic E-state index is -4.12. The highest BCUT2D eigenvalue weighted by molar-refractivity contribution is 7.92. The number of carbonyl (C=O) groups excluding carboxylic acids is 1. The highest BCUT2D eigenvalue weighted by Crippen LogP contribution is 2.28. The molecule has 2 aromatic rings. The van der Waals surface area contributed by atoms with Gasteiger partial charge in [0.15, 0.2) is 0 Å². The predicted octanol–water partition coefficient (Wildman–Crippen LogP) is 2.37. The summed E-state index contributed by atoms with van der Waals surface area (Å²) in [6.45, 7) is 3.16. The van der Waals surface area contributed by atoms with E-state index in [1.54, 1.807) is 26.0 Å². The van der Waals surface area contributed by atoms with Crippen molar-refractivity contribution in [3.8, 4) is 0 Å². The van der Waals surface area contributed by atoms with Crippen molar-refractivity contribution in [3.05, 3.63) is 63.2 Å². The fourth-order valence-corrected chi connectivity index (χ4v) is 3.72. The average Bonchev–Trinajstić information content (AvgIpc) is 2.56. The van der Waals surface area contributed by atoms with Gasteiger partial charge in [0.1, 0.15) is 0 Å². The van der Waals surface area contributed by atoms with Gasteiger partial charge >= 0.3 is 0 Å². The third-order valence-electron chi connectivity index (χ3n) is 3.75. The number of non-ortho nitro benzene ring substituents is 1. The monoisotopic (exact) mass is 363 g/mol. The molecule has 8 nitrogen and oxygen atoms in total. The van der Waals surface area contributed by atoms with Crippen LogP contribution in [0.5, 0.6) is 0 Å². The molecule has 2 rings (SSSR count). The number of nitrogens with zero attached hydrogens (tertiary/aromatic N) is 1. The number of nitrogens with one attached hydrogen (secondary N) is 2. The SMILES string of the molecule is CNC(=O)c1ccccc1NS(=O)(=O)c1cc([N+](=O)[O-])cc(C)c1C. The number of amides is 1. The number of nitro benzene ring substituents is 1. The fourth-order valence-electron chi connectivity index (χ4n) is 2.30. The lowest BCUT2D eigenvalue weighted by Gasteiger charge is -2.14. The summed E-state index contributed by atoms with van der Waals surface area (Å²) in [4.78, 5) is 22.1. The van der Waals surface area contributed by atoms with Crippen LogP contribution in [0.1, 0.15) is 21.5 Å². The highest BCUT2D eigenvalue weighted by Gasteiger charge is 2.24. The lowest BCUT2D eigenvalue weighted by atomic mass is 10.1. The van der Waals surface area contributed by atoms with Crippen LogP contribution in [0.15, 0.2) is 41.3 Å². The third kappa shape index (κ3) is 3.77. The minimum Gasteiger partial charge on any atom is -0.355 e. The Morgan fingerprint density at radius 2 is 1.80 bits per heavy atom. The largest absolute Gasteiger partial charge is 0.355 e. The molecule has 0 aromatic heterocycles. The first-order chi connectivity index (χ1) is 11.7. The average molecular weight is 363 g/mol. The van der Waals surface area contributed by atoms with Crippen molar-refractivity contribution < 1.29 is 18.1 Å². The topological polar surface area (TPSA) is 118 Å². The molecule has 0 unspecified atom stereocenters. The summed E-state index contributed by atoms with van der Waals surface area (Å²) in [5.41, 5.74) is 0.798. The van der Waals surface area contributed by atoms with Crippen molar-refractivity contribution in [1.29, 1.82) is 0 Å². The standard InChI is InChI=1S/C16H17N3O5S/c1-10-8-12(19(21)22)9-15(11(10)2)25(23,24)18-14-7-5-4-6-13(14)16(20)17-3/h4-9,18H,1-3H3,(H,17,20). The Kier molecular flexibility index (Phi) is 5.07. The summed E-state index contributed by atoms with van der Waals surface area (Å²) in [5.74, 6) is -0.453. The van der Waals surface area contributed by atoms with Gasteiger partial charge in [-0.1, -0.05) is 12.1 Å². The lowest BCUT2D eigenvalue weighted by molar-refractivity contribution is -0.385. The summed E-state index contributed by atoms with van der Waals surface area (Å²) >= 11 is 0. The van der Waals surface area contributed by atoms with Crippen molar-refractivity contribution in [3.63, 3.8) is 0 Å². The van der Waals surface area contributed by atoms with Gasteiger partial charge in [-0.2, -0.15) is 0 Å². The number of sulfonamides is 1. The van der Waals surface area contributed by atoms with E-state index in [1.807, 2.05) is 0 Å². The van der Waals surface area contributed by atoms with Crippen LogP contribution in [-0.4, -0.2) is 26.3 Å². The first-order valence-electron chi connectivity index (χ1n) is 7.27. The molecule has 2 N–H and O–H groups in total. The van der Waals surface area contributed by atoms with Gasteiger partial charge in [-0.3, -0.25) is 19.6 Å². The molecule has 0 atom stereocenters. The van der Waals surface area contributed by atoms with Crippen LogP contribution >= 0.6 is 0 Å². The van der Waals surface area contributed by atoms with Gasteiger partial charge in [-0.25, -0.2) is 8.42 Å². The summed E-state index contributed by atoms with van der Waals surface area (Å²) in [7, 11) is -2.69. The van der Waals surface area contributed by atoms with E-state index in [-0.39, 0.29) is 21.8 Å². The molecule has 1 amide bonds. The Morgan fingerprint density at radius 1 is 1.16 bits per heavy atom. The Balaban J connectivity index is 2.55. The van der Waals surface area contributed by atoms with Gasteiger partial charge in [0.25, 0.3) is 21.6 Å². The molecule has 0 radical (unpaired) electrons. The second-order valence-corrected chi connectivity index (χ2v) is 7.02. The van der Waals surface area contributed by atoms with Crippen molar-refractivity contribution in [1.82, 2.24) is 5.32 Å². The maximum atomic E-state index is 12.7. The molecular formula is C16H17N3O5S.